The van der Waals surface area contributed by atoms with Gasteiger partial charge in [-0.1, -0.05) is 13.8 Å². The summed E-state index contributed by atoms with van der Waals surface area (Å²) in [6.45, 7) is 4.97. The molecule has 1 rings (SSSR count). The van der Waals surface area contributed by atoms with Gasteiger partial charge in [0.25, 0.3) is 5.91 Å². The van der Waals surface area contributed by atoms with E-state index in [0.29, 0.717) is 11.5 Å². The quantitative estimate of drug-likeness (QED) is 0.816. The molecule has 19 heavy (non-hydrogen) atoms. The Hall–Kier alpha value is -1.62. The summed E-state index contributed by atoms with van der Waals surface area (Å²) in [6.07, 6.45) is 3.54. The van der Waals surface area contributed by atoms with Crippen LogP contribution in [0, 0.1) is 5.92 Å². The van der Waals surface area contributed by atoms with Crippen molar-refractivity contribution >= 4 is 29.3 Å². The fraction of sp³-hybridized carbons (Fsp3) is 0.429. The Balaban J connectivity index is 2.65. The van der Waals surface area contributed by atoms with E-state index in [0.717, 1.165) is 23.9 Å². The number of hydrogen-bond acceptors (Lipinski definition) is 3. The highest BCUT2D eigenvalue weighted by molar-refractivity contribution is 7.11. The second-order valence-corrected chi connectivity index (χ2v) is 5.76. The van der Waals surface area contributed by atoms with E-state index >= 15 is 0 Å². The first-order valence-electron chi connectivity index (χ1n) is 6.15. The lowest BCUT2D eigenvalue weighted by molar-refractivity contribution is -0.131. The second-order valence-electron chi connectivity index (χ2n) is 4.82. The minimum absolute atomic E-state index is 0.0214. The standard InChI is InChI=1S/C14H19NO3S/c1-10(2)6-7-15(3)14(18)11-8-12(19-9-11)4-5-13(16)17/h4-5,8-10H,6-7H2,1-3H3,(H,16,17). The smallest absolute Gasteiger partial charge is 0.328 e. The van der Waals surface area contributed by atoms with Crippen molar-refractivity contribution in [3.63, 3.8) is 0 Å². The molecule has 1 heterocycles. The molecule has 4 nitrogen and oxygen atoms in total. The van der Waals surface area contributed by atoms with Gasteiger partial charge in [0.2, 0.25) is 0 Å². The van der Waals surface area contributed by atoms with Crippen molar-refractivity contribution in [3.8, 4) is 0 Å². The van der Waals surface area contributed by atoms with E-state index in [1.54, 1.807) is 23.4 Å². The number of carbonyl (C=O) groups excluding carboxylic acids is 1. The largest absolute Gasteiger partial charge is 0.478 e. The van der Waals surface area contributed by atoms with Crippen molar-refractivity contribution in [1.82, 2.24) is 4.90 Å². The molecule has 0 fully saturated rings. The molecule has 0 atom stereocenters. The topological polar surface area (TPSA) is 57.6 Å². The van der Waals surface area contributed by atoms with Gasteiger partial charge < -0.3 is 10.0 Å². The number of hydrogen-bond donors (Lipinski definition) is 1. The maximum Gasteiger partial charge on any atom is 0.328 e. The average Bonchev–Trinajstić information content (AvgIpc) is 2.81. The lowest BCUT2D eigenvalue weighted by atomic mass is 10.1. The molecule has 0 aliphatic rings. The van der Waals surface area contributed by atoms with E-state index in [1.807, 2.05) is 0 Å². The van der Waals surface area contributed by atoms with Gasteiger partial charge in [-0.3, -0.25) is 4.79 Å². The minimum Gasteiger partial charge on any atom is -0.478 e. The van der Waals surface area contributed by atoms with Crippen molar-refractivity contribution in [2.45, 2.75) is 20.3 Å². The van der Waals surface area contributed by atoms with Gasteiger partial charge in [-0.25, -0.2) is 4.79 Å². The molecule has 104 valence electrons. The van der Waals surface area contributed by atoms with Gasteiger partial charge in [-0.2, -0.15) is 0 Å². The Kier molecular flexibility index (Phi) is 5.76. The summed E-state index contributed by atoms with van der Waals surface area (Å²) in [4.78, 5) is 25.0. The van der Waals surface area contributed by atoms with Gasteiger partial charge in [-0.15, -0.1) is 11.3 Å². The number of carboxylic acid groups (broad SMARTS) is 1. The molecule has 0 saturated carbocycles. The molecule has 0 aliphatic heterocycles. The Morgan fingerprint density at radius 1 is 1.47 bits per heavy atom. The third-order valence-corrected chi connectivity index (χ3v) is 3.54. The predicted molar refractivity (Wildman–Crippen MR) is 77.4 cm³/mol. The first kappa shape index (κ1) is 15.4. The Morgan fingerprint density at radius 2 is 2.16 bits per heavy atom. The van der Waals surface area contributed by atoms with E-state index in [4.69, 9.17) is 5.11 Å². The van der Waals surface area contributed by atoms with Crippen LogP contribution in [-0.2, 0) is 4.79 Å². The average molecular weight is 281 g/mol. The summed E-state index contributed by atoms with van der Waals surface area (Å²) in [5.74, 6) is -0.450. The van der Waals surface area contributed by atoms with Crippen molar-refractivity contribution in [2.75, 3.05) is 13.6 Å². The van der Waals surface area contributed by atoms with Crippen LogP contribution in [0.5, 0.6) is 0 Å². The molecule has 0 spiro atoms. The van der Waals surface area contributed by atoms with Crippen LogP contribution in [0.3, 0.4) is 0 Å². The first-order valence-corrected chi connectivity index (χ1v) is 7.03. The zero-order chi connectivity index (χ0) is 14.4. The third kappa shape index (κ3) is 5.26. The van der Waals surface area contributed by atoms with Crippen LogP contribution in [0.1, 0.15) is 35.5 Å². The number of thiophene rings is 1. The van der Waals surface area contributed by atoms with Gasteiger partial charge in [0, 0.05) is 29.9 Å². The van der Waals surface area contributed by atoms with Crippen LogP contribution in [0.25, 0.3) is 6.08 Å². The Morgan fingerprint density at radius 3 is 2.74 bits per heavy atom. The number of aliphatic carboxylic acids is 1. The maximum atomic E-state index is 12.1. The molecule has 1 aromatic rings. The molecule has 1 amide bonds. The molecule has 0 radical (unpaired) electrons. The van der Waals surface area contributed by atoms with E-state index in [2.05, 4.69) is 13.8 Å². The van der Waals surface area contributed by atoms with Crippen molar-refractivity contribution < 1.29 is 14.7 Å². The van der Waals surface area contributed by atoms with Gasteiger partial charge in [0.15, 0.2) is 0 Å². The molecule has 5 heteroatoms. The summed E-state index contributed by atoms with van der Waals surface area (Å²) < 4.78 is 0. The van der Waals surface area contributed by atoms with Crippen LogP contribution in [0.15, 0.2) is 17.5 Å². The highest BCUT2D eigenvalue weighted by Crippen LogP contribution is 2.18. The molecule has 1 N–H and O–H groups in total. The number of rotatable bonds is 6. The van der Waals surface area contributed by atoms with Crippen LogP contribution in [-0.4, -0.2) is 35.5 Å². The normalized spacial score (nSPS) is 11.2. The van der Waals surface area contributed by atoms with Crippen molar-refractivity contribution in [3.05, 3.63) is 28.0 Å². The van der Waals surface area contributed by atoms with Gasteiger partial charge >= 0.3 is 5.97 Å². The summed E-state index contributed by atoms with van der Waals surface area (Å²) in [6, 6.07) is 1.72. The van der Waals surface area contributed by atoms with E-state index < -0.39 is 5.97 Å². The van der Waals surface area contributed by atoms with Crippen molar-refractivity contribution in [2.24, 2.45) is 5.92 Å². The first-order chi connectivity index (χ1) is 8.90. The third-order valence-electron chi connectivity index (χ3n) is 2.65. The van der Waals surface area contributed by atoms with Crippen LogP contribution in [0.2, 0.25) is 0 Å². The summed E-state index contributed by atoms with van der Waals surface area (Å²) in [5.41, 5.74) is 0.612. The van der Waals surface area contributed by atoms with Gasteiger partial charge in [0.05, 0.1) is 5.56 Å². The minimum atomic E-state index is -0.990. The van der Waals surface area contributed by atoms with E-state index in [9.17, 15) is 9.59 Å². The molecule has 0 aromatic carbocycles. The molecular weight excluding hydrogens is 262 g/mol. The van der Waals surface area contributed by atoms with Crippen LogP contribution in [0.4, 0.5) is 0 Å². The number of amides is 1. The Labute approximate surface area is 117 Å². The molecule has 1 aromatic heterocycles. The summed E-state index contributed by atoms with van der Waals surface area (Å²) in [7, 11) is 1.79. The maximum absolute atomic E-state index is 12.1. The zero-order valence-corrected chi connectivity index (χ0v) is 12.2. The number of carboxylic acids is 1. The fourth-order valence-electron chi connectivity index (χ4n) is 1.48. The predicted octanol–water partition coefficient (Wildman–Crippen LogP) is 2.96. The highest BCUT2D eigenvalue weighted by atomic mass is 32.1. The molecule has 0 aliphatic carbocycles. The van der Waals surface area contributed by atoms with E-state index in [-0.39, 0.29) is 5.91 Å². The van der Waals surface area contributed by atoms with Crippen LogP contribution < -0.4 is 0 Å². The lowest BCUT2D eigenvalue weighted by Crippen LogP contribution is -2.28. The second kappa shape index (κ2) is 7.09. The number of carbonyl (C=O) groups is 2. The summed E-state index contributed by atoms with van der Waals surface area (Å²) in [5, 5.41) is 10.3. The lowest BCUT2D eigenvalue weighted by Gasteiger charge is -2.17. The van der Waals surface area contributed by atoms with Gasteiger partial charge in [-0.05, 0) is 24.5 Å². The monoisotopic (exact) mass is 281 g/mol. The zero-order valence-electron chi connectivity index (χ0n) is 11.4. The molecule has 0 unspecified atom stereocenters. The van der Waals surface area contributed by atoms with Gasteiger partial charge in [0.1, 0.15) is 0 Å². The fourth-order valence-corrected chi connectivity index (χ4v) is 2.25. The molecular formula is C14H19NO3S. The molecule has 0 bridgehead atoms. The van der Waals surface area contributed by atoms with Crippen LogP contribution >= 0.6 is 11.3 Å². The van der Waals surface area contributed by atoms with Crippen molar-refractivity contribution in [1.29, 1.82) is 0 Å². The summed E-state index contributed by atoms with van der Waals surface area (Å²) >= 11 is 1.36. The van der Waals surface area contributed by atoms with E-state index in [1.165, 1.54) is 17.4 Å². The number of nitrogens with zero attached hydrogens (tertiary/aromatic N) is 1. The molecule has 0 saturated heterocycles. The Bertz CT molecular complexity index is 477. The highest BCUT2D eigenvalue weighted by Gasteiger charge is 2.13. The SMILES string of the molecule is CC(C)CCN(C)C(=O)c1csc(C=CC(=O)O)c1.